The average molecular weight is 230 g/mol. The summed E-state index contributed by atoms with van der Waals surface area (Å²) < 4.78 is 0. The number of fused-ring (bicyclic) bond motifs is 2. The zero-order chi connectivity index (χ0) is 11.9. The minimum Gasteiger partial charge on any atom is -0.384 e. The molecule has 0 radical (unpaired) electrons. The lowest BCUT2D eigenvalue weighted by molar-refractivity contribution is 0.101. The van der Waals surface area contributed by atoms with Gasteiger partial charge in [0.25, 0.3) is 0 Å². The number of hydrogen-bond donors (Lipinski definition) is 2. The maximum atomic E-state index is 11.8. The Morgan fingerprint density at radius 3 is 2.76 bits per heavy atom. The van der Waals surface area contributed by atoms with Gasteiger partial charge in [-0.3, -0.25) is 4.79 Å². The van der Waals surface area contributed by atoms with E-state index in [0.29, 0.717) is 0 Å². The van der Waals surface area contributed by atoms with E-state index in [1.807, 2.05) is 12.1 Å². The molecule has 0 bridgehead atoms. The quantitative estimate of drug-likeness (QED) is 0.724. The van der Waals surface area contributed by atoms with Crippen LogP contribution in [-0.4, -0.2) is 25.4 Å². The summed E-state index contributed by atoms with van der Waals surface area (Å²) in [6.07, 6.45) is 2.24. The molecule has 2 aliphatic heterocycles. The number of hydrogen-bond acceptors (Lipinski definition) is 3. The molecular weight excluding hydrogens is 212 g/mol. The van der Waals surface area contributed by atoms with Crippen molar-refractivity contribution in [2.24, 2.45) is 0 Å². The van der Waals surface area contributed by atoms with E-state index < -0.39 is 0 Å². The summed E-state index contributed by atoms with van der Waals surface area (Å²) >= 11 is 0. The van der Waals surface area contributed by atoms with Gasteiger partial charge in [-0.25, -0.2) is 0 Å². The van der Waals surface area contributed by atoms with Crippen LogP contribution < -0.4 is 10.6 Å². The molecule has 3 nitrogen and oxygen atoms in total. The summed E-state index contributed by atoms with van der Waals surface area (Å²) in [6.45, 7) is 4.75. The number of Topliss-reactive ketones (excluding diaryl/α,β-unsaturated/α-hetero) is 1. The molecule has 0 atom stereocenters. The summed E-state index contributed by atoms with van der Waals surface area (Å²) in [5.74, 6) is 0.184. The van der Waals surface area contributed by atoms with Crippen LogP contribution in [0.4, 0.5) is 5.69 Å². The van der Waals surface area contributed by atoms with Gasteiger partial charge in [0.15, 0.2) is 5.78 Å². The zero-order valence-electron chi connectivity index (χ0n) is 10.2. The van der Waals surface area contributed by atoms with Crippen molar-refractivity contribution < 1.29 is 4.79 Å². The average Bonchev–Trinajstić information content (AvgIpc) is 2.70. The van der Waals surface area contributed by atoms with Crippen LogP contribution in [0.2, 0.25) is 0 Å². The van der Waals surface area contributed by atoms with Crippen molar-refractivity contribution in [1.82, 2.24) is 5.32 Å². The highest BCUT2D eigenvalue weighted by atomic mass is 16.1. The SMILES string of the molecule is CC(=O)c1cccc2c1C1(CCNCC1)CN2. The van der Waals surface area contributed by atoms with Gasteiger partial charge in [0.05, 0.1) is 0 Å². The number of carbonyl (C=O) groups is 1. The third-order valence-electron chi connectivity index (χ3n) is 4.15. The molecule has 0 aromatic heterocycles. The summed E-state index contributed by atoms with van der Waals surface area (Å²) in [5.41, 5.74) is 3.53. The highest BCUT2D eigenvalue weighted by molar-refractivity contribution is 5.98. The van der Waals surface area contributed by atoms with Gasteiger partial charge < -0.3 is 10.6 Å². The summed E-state index contributed by atoms with van der Waals surface area (Å²) in [6, 6.07) is 6.04. The first kappa shape index (κ1) is 10.8. The fourth-order valence-corrected chi connectivity index (χ4v) is 3.25. The zero-order valence-corrected chi connectivity index (χ0v) is 10.2. The standard InChI is InChI=1S/C14H18N2O/c1-10(17)11-3-2-4-12-13(11)14(9-16-12)5-7-15-8-6-14/h2-4,15-16H,5-9H2,1H3. The second-order valence-electron chi connectivity index (χ2n) is 5.17. The maximum Gasteiger partial charge on any atom is 0.160 e. The third kappa shape index (κ3) is 1.57. The number of ketones is 1. The number of anilines is 1. The molecule has 0 saturated carbocycles. The van der Waals surface area contributed by atoms with Crippen molar-refractivity contribution >= 4 is 11.5 Å². The van der Waals surface area contributed by atoms with E-state index in [0.717, 1.165) is 38.0 Å². The Bertz CT molecular complexity index is 456. The van der Waals surface area contributed by atoms with Gasteiger partial charge in [-0.15, -0.1) is 0 Å². The first-order valence-electron chi connectivity index (χ1n) is 6.32. The Morgan fingerprint density at radius 1 is 1.29 bits per heavy atom. The number of rotatable bonds is 1. The van der Waals surface area contributed by atoms with Crippen LogP contribution in [0.15, 0.2) is 18.2 Å². The number of carbonyl (C=O) groups excluding carboxylic acids is 1. The molecule has 17 heavy (non-hydrogen) atoms. The van der Waals surface area contributed by atoms with Gasteiger partial charge >= 0.3 is 0 Å². The monoisotopic (exact) mass is 230 g/mol. The van der Waals surface area contributed by atoms with Crippen molar-refractivity contribution in [2.45, 2.75) is 25.2 Å². The minimum atomic E-state index is 0.183. The minimum absolute atomic E-state index is 0.183. The summed E-state index contributed by atoms with van der Waals surface area (Å²) in [4.78, 5) is 11.8. The molecule has 3 heteroatoms. The first-order valence-corrected chi connectivity index (χ1v) is 6.32. The molecule has 3 rings (SSSR count). The van der Waals surface area contributed by atoms with Gasteiger partial charge in [0, 0.05) is 23.2 Å². The molecule has 1 aromatic carbocycles. The van der Waals surface area contributed by atoms with Crippen molar-refractivity contribution in [2.75, 3.05) is 25.0 Å². The molecule has 2 heterocycles. The normalized spacial score (nSPS) is 21.0. The van der Waals surface area contributed by atoms with Crippen molar-refractivity contribution in [3.63, 3.8) is 0 Å². The van der Waals surface area contributed by atoms with E-state index in [1.165, 1.54) is 11.3 Å². The summed E-state index contributed by atoms with van der Waals surface area (Å²) in [5, 5.41) is 6.88. The Labute approximate surface area is 102 Å². The fourth-order valence-electron chi connectivity index (χ4n) is 3.25. The maximum absolute atomic E-state index is 11.8. The lowest BCUT2D eigenvalue weighted by Gasteiger charge is -2.34. The molecule has 90 valence electrons. The molecule has 1 fully saturated rings. The van der Waals surface area contributed by atoms with Gasteiger partial charge in [0.2, 0.25) is 0 Å². The van der Waals surface area contributed by atoms with E-state index >= 15 is 0 Å². The van der Waals surface area contributed by atoms with Gasteiger partial charge in [-0.1, -0.05) is 12.1 Å². The molecule has 1 saturated heterocycles. The van der Waals surface area contributed by atoms with Crippen LogP contribution in [0.5, 0.6) is 0 Å². The van der Waals surface area contributed by atoms with Gasteiger partial charge in [-0.05, 0) is 44.5 Å². The van der Waals surface area contributed by atoms with Crippen LogP contribution in [0, 0.1) is 0 Å². The van der Waals surface area contributed by atoms with Crippen LogP contribution in [0.25, 0.3) is 0 Å². The van der Waals surface area contributed by atoms with Crippen LogP contribution in [-0.2, 0) is 5.41 Å². The molecular formula is C14H18N2O. The van der Waals surface area contributed by atoms with Crippen LogP contribution >= 0.6 is 0 Å². The molecule has 2 N–H and O–H groups in total. The Kier molecular flexibility index (Phi) is 2.44. The Hall–Kier alpha value is -1.35. The van der Waals surface area contributed by atoms with Gasteiger partial charge in [-0.2, -0.15) is 0 Å². The fraction of sp³-hybridized carbons (Fsp3) is 0.500. The smallest absolute Gasteiger partial charge is 0.160 e. The van der Waals surface area contributed by atoms with E-state index in [4.69, 9.17) is 0 Å². The first-order chi connectivity index (χ1) is 8.23. The van der Waals surface area contributed by atoms with E-state index in [9.17, 15) is 4.79 Å². The second kappa shape index (κ2) is 3.84. The predicted octanol–water partition coefficient (Wildman–Crippen LogP) is 1.94. The molecule has 0 unspecified atom stereocenters. The molecule has 0 aliphatic carbocycles. The van der Waals surface area contributed by atoms with Crippen molar-refractivity contribution in [1.29, 1.82) is 0 Å². The van der Waals surface area contributed by atoms with Crippen molar-refractivity contribution in [3.8, 4) is 0 Å². The van der Waals surface area contributed by atoms with Crippen LogP contribution in [0.1, 0.15) is 35.7 Å². The lowest BCUT2D eigenvalue weighted by atomic mass is 9.72. The third-order valence-corrected chi connectivity index (χ3v) is 4.15. The Morgan fingerprint density at radius 2 is 2.06 bits per heavy atom. The number of piperidine rings is 1. The van der Waals surface area contributed by atoms with Crippen molar-refractivity contribution in [3.05, 3.63) is 29.3 Å². The molecule has 1 aromatic rings. The highest BCUT2D eigenvalue weighted by Crippen LogP contribution is 2.44. The number of nitrogens with one attached hydrogen (secondary N) is 2. The van der Waals surface area contributed by atoms with E-state index in [-0.39, 0.29) is 11.2 Å². The van der Waals surface area contributed by atoms with Gasteiger partial charge in [0.1, 0.15) is 0 Å². The predicted molar refractivity (Wildman–Crippen MR) is 68.7 cm³/mol. The topological polar surface area (TPSA) is 41.1 Å². The number of benzene rings is 1. The molecule has 2 aliphatic rings. The second-order valence-corrected chi connectivity index (χ2v) is 5.17. The highest BCUT2D eigenvalue weighted by Gasteiger charge is 2.41. The molecule has 1 spiro atoms. The lowest BCUT2D eigenvalue weighted by Crippen LogP contribution is -2.41. The summed E-state index contributed by atoms with van der Waals surface area (Å²) in [7, 11) is 0. The van der Waals surface area contributed by atoms with E-state index in [2.05, 4.69) is 16.7 Å². The molecule has 0 amide bonds. The van der Waals surface area contributed by atoms with Crippen LogP contribution in [0.3, 0.4) is 0 Å². The largest absolute Gasteiger partial charge is 0.384 e. The Balaban J connectivity index is 2.13. The van der Waals surface area contributed by atoms with E-state index in [1.54, 1.807) is 6.92 Å².